The molecule has 2 N–H and O–H groups in total. The standard InChI is InChI=1S/C32H50O4S6/c1-23-16-27(17-24(2)30(23)35-20-29(33)21-41-13-12-39-10-8-37-6)28-18-25(3)31(26(4)19-28)36-22-32(5,34)42-15-14-40-11-9-38-7/h16-19,29,33-34H,8-15,20-22H2,1-7H3. The molecule has 2 rings (SSSR count). The largest absolute Gasteiger partial charge is 0.490 e. The Kier molecular flexibility index (Phi) is 19.1. The fourth-order valence-electron chi connectivity index (χ4n) is 4.31. The minimum atomic E-state index is -0.930. The van der Waals surface area contributed by atoms with Crippen molar-refractivity contribution < 1.29 is 19.7 Å². The van der Waals surface area contributed by atoms with E-state index >= 15 is 0 Å². The average molecular weight is 691 g/mol. The number of hydrogen-bond donors (Lipinski definition) is 2. The number of ether oxygens (including phenoxy) is 2. The van der Waals surface area contributed by atoms with Crippen LogP contribution in [-0.2, 0) is 0 Å². The molecule has 0 aliphatic heterocycles. The van der Waals surface area contributed by atoms with Crippen molar-refractivity contribution in [3.63, 3.8) is 0 Å². The maximum atomic E-state index is 10.8. The fraction of sp³-hybridized carbons (Fsp3) is 0.625. The first-order valence-electron chi connectivity index (χ1n) is 14.3. The molecule has 0 fully saturated rings. The van der Waals surface area contributed by atoms with Crippen molar-refractivity contribution in [2.75, 3.05) is 77.5 Å². The van der Waals surface area contributed by atoms with Gasteiger partial charge in [-0.15, -0.1) is 11.8 Å². The molecule has 0 aliphatic rings. The molecule has 0 saturated heterocycles. The van der Waals surface area contributed by atoms with Gasteiger partial charge in [0.15, 0.2) is 0 Å². The van der Waals surface area contributed by atoms with E-state index < -0.39 is 11.0 Å². The van der Waals surface area contributed by atoms with Crippen LogP contribution in [0, 0.1) is 27.7 Å². The van der Waals surface area contributed by atoms with E-state index in [0.29, 0.717) is 12.4 Å². The van der Waals surface area contributed by atoms with Crippen molar-refractivity contribution >= 4 is 70.6 Å². The van der Waals surface area contributed by atoms with Crippen LogP contribution in [0.1, 0.15) is 29.2 Å². The molecule has 2 aromatic rings. The molecule has 238 valence electrons. The van der Waals surface area contributed by atoms with Crippen LogP contribution in [0.2, 0.25) is 0 Å². The number of rotatable bonds is 22. The van der Waals surface area contributed by atoms with Gasteiger partial charge in [0.25, 0.3) is 0 Å². The van der Waals surface area contributed by atoms with Gasteiger partial charge in [-0.05, 0) is 105 Å². The number of thioether (sulfide) groups is 6. The van der Waals surface area contributed by atoms with E-state index in [1.54, 1.807) is 23.5 Å². The van der Waals surface area contributed by atoms with Crippen molar-refractivity contribution in [2.45, 2.75) is 45.7 Å². The molecule has 42 heavy (non-hydrogen) atoms. The molecular formula is C32H50O4S6. The van der Waals surface area contributed by atoms with Crippen LogP contribution >= 0.6 is 70.6 Å². The first-order valence-corrected chi connectivity index (χ1v) is 21.6. The predicted molar refractivity (Wildman–Crippen MR) is 200 cm³/mol. The van der Waals surface area contributed by atoms with E-state index in [4.69, 9.17) is 9.47 Å². The van der Waals surface area contributed by atoms with Gasteiger partial charge in [0.05, 0.1) is 6.10 Å². The van der Waals surface area contributed by atoms with Gasteiger partial charge >= 0.3 is 0 Å². The summed E-state index contributed by atoms with van der Waals surface area (Å²) in [5, 5.41) is 21.3. The highest BCUT2D eigenvalue weighted by Gasteiger charge is 2.23. The van der Waals surface area contributed by atoms with Gasteiger partial charge in [-0.2, -0.15) is 58.8 Å². The number of benzene rings is 2. The molecule has 4 nitrogen and oxygen atoms in total. The van der Waals surface area contributed by atoms with Crippen LogP contribution in [0.5, 0.6) is 11.5 Å². The summed E-state index contributed by atoms with van der Waals surface area (Å²) in [4.78, 5) is -0.930. The highest BCUT2D eigenvalue weighted by Crippen LogP contribution is 2.35. The molecule has 0 aromatic heterocycles. The van der Waals surface area contributed by atoms with Crippen molar-refractivity contribution in [3.05, 3.63) is 46.5 Å². The Labute approximate surface area is 280 Å². The zero-order chi connectivity index (χ0) is 31.0. The van der Waals surface area contributed by atoms with E-state index in [0.717, 1.165) is 73.6 Å². The molecule has 2 unspecified atom stereocenters. The zero-order valence-corrected chi connectivity index (χ0v) is 31.2. The molecule has 0 amide bonds. The van der Waals surface area contributed by atoms with Crippen LogP contribution in [0.25, 0.3) is 11.1 Å². The van der Waals surface area contributed by atoms with E-state index in [-0.39, 0.29) is 6.61 Å². The molecule has 0 heterocycles. The monoisotopic (exact) mass is 690 g/mol. The Morgan fingerprint density at radius 2 is 1.10 bits per heavy atom. The van der Waals surface area contributed by atoms with Crippen molar-refractivity contribution in [2.24, 2.45) is 0 Å². The summed E-state index contributed by atoms with van der Waals surface area (Å²) in [6.45, 7) is 10.7. The first-order chi connectivity index (χ1) is 20.1. The van der Waals surface area contributed by atoms with Crippen molar-refractivity contribution in [3.8, 4) is 22.6 Å². The lowest BCUT2D eigenvalue weighted by molar-refractivity contribution is 0.0917. The number of aliphatic hydroxyl groups excluding tert-OH is 1. The summed E-state index contributed by atoms with van der Waals surface area (Å²) >= 11 is 11.0. The Bertz CT molecular complexity index is 1020. The second-order valence-electron chi connectivity index (χ2n) is 10.4. The van der Waals surface area contributed by atoms with Crippen molar-refractivity contribution in [1.82, 2.24) is 0 Å². The summed E-state index contributed by atoms with van der Waals surface area (Å²) in [6, 6.07) is 8.62. The summed E-state index contributed by atoms with van der Waals surface area (Å²) in [6.07, 6.45) is 3.79. The van der Waals surface area contributed by atoms with E-state index in [1.807, 2.05) is 54.0 Å². The Morgan fingerprint density at radius 1 is 0.667 bits per heavy atom. The second kappa shape index (κ2) is 21.0. The third-order valence-corrected chi connectivity index (χ3v) is 12.8. The highest BCUT2D eigenvalue weighted by atomic mass is 32.2. The molecule has 0 aliphatic carbocycles. The fourth-order valence-corrected chi connectivity index (χ4v) is 9.86. The Morgan fingerprint density at radius 3 is 1.60 bits per heavy atom. The normalized spacial score (nSPS) is 13.6. The topological polar surface area (TPSA) is 58.9 Å². The quantitative estimate of drug-likeness (QED) is 0.0937. The van der Waals surface area contributed by atoms with Crippen LogP contribution < -0.4 is 9.47 Å². The minimum Gasteiger partial charge on any atom is -0.490 e. The summed E-state index contributed by atoms with van der Waals surface area (Å²) < 4.78 is 12.3. The van der Waals surface area contributed by atoms with Gasteiger partial charge in [-0.25, -0.2) is 0 Å². The van der Waals surface area contributed by atoms with Gasteiger partial charge in [-0.3, -0.25) is 0 Å². The molecule has 0 spiro atoms. The number of hydrogen-bond acceptors (Lipinski definition) is 10. The van der Waals surface area contributed by atoms with E-state index in [9.17, 15) is 10.2 Å². The SMILES string of the molecule is CSCCSCCSCC(O)COc1c(C)cc(-c2cc(C)c(OCC(C)(O)SCCSCCSC)c(C)c2)cc1C. The summed E-state index contributed by atoms with van der Waals surface area (Å²) in [7, 11) is 0. The Balaban J connectivity index is 1.92. The molecular weight excluding hydrogens is 641 g/mol. The third kappa shape index (κ3) is 14.4. The lowest BCUT2D eigenvalue weighted by atomic mass is 9.96. The van der Waals surface area contributed by atoms with Crippen LogP contribution in [0.15, 0.2) is 24.3 Å². The van der Waals surface area contributed by atoms with Crippen LogP contribution in [-0.4, -0.2) is 98.8 Å². The third-order valence-electron chi connectivity index (χ3n) is 6.34. The smallest absolute Gasteiger partial charge is 0.141 e. The maximum absolute atomic E-state index is 10.8. The summed E-state index contributed by atoms with van der Waals surface area (Å²) in [5.41, 5.74) is 6.49. The lowest BCUT2D eigenvalue weighted by Crippen LogP contribution is -2.29. The summed E-state index contributed by atoms with van der Waals surface area (Å²) in [5.74, 6) is 11.2. The average Bonchev–Trinajstić information content (AvgIpc) is 2.93. The number of aryl methyl sites for hydroxylation is 4. The van der Waals surface area contributed by atoms with Crippen molar-refractivity contribution in [1.29, 1.82) is 0 Å². The van der Waals surface area contributed by atoms with E-state index in [1.165, 1.54) is 17.3 Å². The van der Waals surface area contributed by atoms with Gasteiger partial charge in [-0.1, -0.05) is 0 Å². The van der Waals surface area contributed by atoms with Gasteiger partial charge < -0.3 is 19.7 Å². The Hall–Kier alpha value is 0.0600. The minimum absolute atomic E-state index is 0.250. The second-order valence-corrected chi connectivity index (χ2v) is 17.6. The maximum Gasteiger partial charge on any atom is 0.141 e. The molecule has 2 atom stereocenters. The molecule has 10 heteroatoms. The van der Waals surface area contributed by atoms with Crippen LogP contribution in [0.3, 0.4) is 0 Å². The molecule has 0 bridgehead atoms. The van der Waals surface area contributed by atoms with E-state index in [2.05, 4.69) is 64.5 Å². The molecule has 2 aromatic carbocycles. The lowest BCUT2D eigenvalue weighted by Gasteiger charge is -2.24. The zero-order valence-electron chi connectivity index (χ0n) is 26.3. The van der Waals surface area contributed by atoms with Crippen LogP contribution in [0.4, 0.5) is 0 Å². The predicted octanol–water partition coefficient (Wildman–Crippen LogP) is 8.07. The number of aliphatic hydroxyl groups is 2. The molecule has 0 saturated carbocycles. The molecule has 0 radical (unpaired) electrons. The van der Waals surface area contributed by atoms with Gasteiger partial charge in [0.1, 0.15) is 29.6 Å². The highest BCUT2D eigenvalue weighted by molar-refractivity contribution is 8.05. The first kappa shape index (κ1) is 38.2. The van der Waals surface area contributed by atoms with Gasteiger partial charge in [0, 0.05) is 51.8 Å². The van der Waals surface area contributed by atoms with Gasteiger partial charge in [0.2, 0.25) is 0 Å².